The molecule has 4 nitrogen and oxygen atoms in total. The van der Waals surface area contributed by atoms with Crippen molar-refractivity contribution in [3.8, 4) is 0 Å². The summed E-state index contributed by atoms with van der Waals surface area (Å²) in [4.78, 5) is 3.31. The van der Waals surface area contributed by atoms with Crippen LogP contribution in [0.1, 0.15) is 38.1 Å². The van der Waals surface area contributed by atoms with Crippen LogP contribution in [0.2, 0.25) is 0 Å². The first kappa shape index (κ1) is 14.1. The first-order chi connectivity index (χ1) is 7.79. The molecular formula is C11H17FN4S. The number of rotatable bonds is 4. The van der Waals surface area contributed by atoms with Gasteiger partial charge in [0.1, 0.15) is 0 Å². The van der Waals surface area contributed by atoms with Crippen molar-refractivity contribution < 1.29 is 4.39 Å². The van der Waals surface area contributed by atoms with E-state index in [1.807, 2.05) is 13.8 Å². The Morgan fingerprint density at radius 1 is 1.53 bits per heavy atom. The highest BCUT2D eigenvalue weighted by Crippen LogP contribution is 2.18. The molecule has 0 aliphatic carbocycles. The van der Waals surface area contributed by atoms with Gasteiger partial charge in [0.05, 0.1) is 16.8 Å². The van der Waals surface area contributed by atoms with E-state index >= 15 is 0 Å². The molecule has 0 radical (unpaired) electrons. The molecule has 4 N–H and O–H groups in total. The molecule has 17 heavy (non-hydrogen) atoms. The predicted molar refractivity (Wildman–Crippen MR) is 70.2 cm³/mol. The van der Waals surface area contributed by atoms with E-state index in [2.05, 4.69) is 9.38 Å². The Morgan fingerprint density at radius 2 is 2.18 bits per heavy atom. The number of hydrogen-bond acceptors (Lipinski definition) is 5. The summed E-state index contributed by atoms with van der Waals surface area (Å²) in [5, 5.41) is 0. The maximum atomic E-state index is 13.5. The van der Waals surface area contributed by atoms with Crippen LogP contribution in [-0.4, -0.2) is 16.1 Å². The Morgan fingerprint density at radius 3 is 2.65 bits per heavy atom. The van der Waals surface area contributed by atoms with E-state index in [9.17, 15) is 4.39 Å². The van der Waals surface area contributed by atoms with Gasteiger partial charge in [-0.05, 0) is 38.8 Å². The van der Waals surface area contributed by atoms with Gasteiger partial charge >= 0.3 is 0 Å². The van der Waals surface area contributed by atoms with E-state index < -0.39 is 10.8 Å². The molecule has 1 rings (SSSR count). The summed E-state index contributed by atoms with van der Waals surface area (Å²) in [7, 11) is 0. The van der Waals surface area contributed by atoms with E-state index in [1.54, 1.807) is 19.1 Å². The van der Waals surface area contributed by atoms with Crippen molar-refractivity contribution in [2.45, 2.75) is 31.7 Å². The second-order valence-corrected chi connectivity index (χ2v) is 5.78. The fourth-order valence-corrected chi connectivity index (χ4v) is 1.52. The van der Waals surface area contributed by atoms with Gasteiger partial charge in [-0.15, -0.1) is 0 Å². The molecule has 0 saturated heterocycles. The molecule has 94 valence electrons. The van der Waals surface area contributed by atoms with E-state index in [0.29, 0.717) is 11.3 Å². The summed E-state index contributed by atoms with van der Waals surface area (Å²) in [5.41, 5.74) is 12.2. The fourth-order valence-electron chi connectivity index (χ4n) is 1.09. The molecular weight excluding hydrogens is 239 g/mol. The standard InChI is InChI=1S/C11H17FN4S/c1-7(13)9-5-4-8(16-10(9)12)6-15-17-11(2,3)14/h4-7H,13-14H2,1-3H3/b15-6+. The monoisotopic (exact) mass is 256 g/mol. The van der Waals surface area contributed by atoms with Crippen molar-refractivity contribution >= 4 is 18.2 Å². The number of pyridine rings is 1. The SMILES string of the molecule is CC(N)c1ccc(/C=N/SC(C)(C)N)nc1F. The molecule has 0 aromatic carbocycles. The summed E-state index contributed by atoms with van der Waals surface area (Å²) in [6.07, 6.45) is 1.48. The largest absolute Gasteiger partial charge is 0.324 e. The van der Waals surface area contributed by atoms with Gasteiger partial charge < -0.3 is 11.5 Å². The average molecular weight is 256 g/mol. The van der Waals surface area contributed by atoms with Gasteiger partial charge in [0.15, 0.2) is 0 Å². The summed E-state index contributed by atoms with van der Waals surface area (Å²) < 4.78 is 17.5. The molecule has 1 aromatic rings. The normalized spacial score (nSPS) is 14.2. The molecule has 0 aliphatic heterocycles. The van der Waals surface area contributed by atoms with E-state index in [0.717, 1.165) is 0 Å². The second-order valence-electron chi connectivity index (χ2n) is 4.33. The molecule has 1 atom stereocenters. The lowest BCUT2D eigenvalue weighted by Gasteiger charge is -2.12. The number of nitrogens with two attached hydrogens (primary N) is 2. The maximum Gasteiger partial charge on any atom is 0.218 e. The van der Waals surface area contributed by atoms with Crippen molar-refractivity contribution in [3.63, 3.8) is 0 Å². The quantitative estimate of drug-likeness (QED) is 0.374. The van der Waals surface area contributed by atoms with Crippen LogP contribution in [0.25, 0.3) is 0 Å². The zero-order chi connectivity index (χ0) is 13.1. The predicted octanol–water partition coefficient (Wildman–Crippen LogP) is 2.00. The maximum absolute atomic E-state index is 13.5. The number of halogens is 1. The van der Waals surface area contributed by atoms with E-state index in [1.165, 1.54) is 18.2 Å². The molecule has 0 amide bonds. The third-order valence-electron chi connectivity index (χ3n) is 1.86. The summed E-state index contributed by atoms with van der Waals surface area (Å²) in [5.74, 6) is -0.555. The van der Waals surface area contributed by atoms with Gasteiger partial charge in [0, 0.05) is 11.6 Å². The van der Waals surface area contributed by atoms with Crippen LogP contribution in [0.4, 0.5) is 4.39 Å². The van der Waals surface area contributed by atoms with Gasteiger partial charge in [-0.2, -0.15) is 4.39 Å². The smallest absolute Gasteiger partial charge is 0.218 e. The first-order valence-electron chi connectivity index (χ1n) is 5.22. The lowest BCUT2D eigenvalue weighted by molar-refractivity contribution is 0.552. The summed E-state index contributed by atoms with van der Waals surface area (Å²) >= 11 is 1.20. The van der Waals surface area contributed by atoms with Crippen molar-refractivity contribution in [1.82, 2.24) is 4.98 Å². The second kappa shape index (κ2) is 5.57. The van der Waals surface area contributed by atoms with Gasteiger partial charge in [-0.25, -0.2) is 9.38 Å². The van der Waals surface area contributed by atoms with Crippen molar-refractivity contribution in [2.75, 3.05) is 0 Å². The van der Waals surface area contributed by atoms with Crippen LogP contribution in [0.5, 0.6) is 0 Å². The highest BCUT2D eigenvalue weighted by atomic mass is 32.2. The molecule has 0 aliphatic rings. The Balaban J connectivity index is 2.78. The van der Waals surface area contributed by atoms with Crippen LogP contribution in [0.3, 0.4) is 0 Å². The van der Waals surface area contributed by atoms with Gasteiger partial charge in [0.25, 0.3) is 0 Å². The first-order valence-corrected chi connectivity index (χ1v) is 5.99. The molecule has 0 fully saturated rings. The fraction of sp³-hybridized carbons (Fsp3) is 0.455. The Kier molecular flexibility index (Phi) is 4.62. The summed E-state index contributed by atoms with van der Waals surface area (Å²) in [6, 6.07) is 2.92. The van der Waals surface area contributed by atoms with Crippen LogP contribution in [-0.2, 0) is 0 Å². The van der Waals surface area contributed by atoms with Crippen molar-refractivity contribution in [3.05, 3.63) is 29.3 Å². The van der Waals surface area contributed by atoms with Gasteiger partial charge in [0.2, 0.25) is 5.95 Å². The molecule has 0 bridgehead atoms. The highest BCUT2D eigenvalue weighted by Gasteiger charge is 2.10. The van der Waals surface area contributed by atoms with Crippen LogP contribution in [0.15, 0.2) is 16.5 Å². The van der Waals surface area contributed by atoms with E-state index in [-0.39, 0.29) is 6.04 Å². The zero-order valence-electron chi connectivity index (χ0n) is 10.1. The van der Waals surface area contributed by atoms with Crippen LogP contribution in [0, 0.1) is 5.95 Å². The minimum Gasteiger partial charge on any atom is -0.324 e. The Bertz CT molecular complexity index is 412. The van der Waals surface area contributed by atoms with Crippen LogP contribution >= 0.6 is 11.9 Å². The molecule has 1 aromatic heterocycles. The Hall–Kier alpha value is -0.980. The molecule has 1 unspecified atom stereocenters. The minimum absolute atomic E-state index is 0.370. The average Bonchev–Trinajstić information content (AvgIpc) is 2.15. The number of nitrogens with zero attached hydrogens (tertiary/aromatic N) is 2. The van der Waals surface area contributed by atoms with Crippen LogP contribution < -0.4 is 11.5 Å². The van der Waals surface area contributed by atoms with Gasteiger partial charge in [-0.1, -0.05) is 6.07 Å². The molecule has 1 heterocycles. The highest BCUT2D eigenvalue weighted by molar-refractivity contribution is 7.99. The lowest BCUT2D eigenvalue weighted by Crippen LogP contribution is -2.26. The third kappa shape index (κ3) is 4.80. The van der Waals surface area contributed by atoms with Crippen molar-refractivity contribution in [2.24, 2.45) is 15.9 Å². The molecule has 0 spiro atoms. The van der Waals surface area contributed by atoms with Crippen molar-refractivity contribution in [1.29, 1.82) is 0 Å². The summed E-state index contributed by atoms with van der Waals surface area (Å²) in [6.45, 7) is 5.38. The van der Waals surface area contributed by atoms with Gasteiger partial charge in [-0.3, -0.25) is 0 Å². The Labute approximate surface area is 105 Å². The molecule has 0 saturated carbocycles. The number of aromatic nitrogens is 1. The topological polar surface area (TPSA) is 77.3 Å². The molecule has 6 heteroatoms. The number of hydrogen-bond donors (Lipinski definition) is 2. The minimum atomic E-state index is -0.555. The third-order valence-corrected chi connectivity index (χ3v) is 2.54. The zero-order valence-corrected chi connectivity index (χ0v) is 11.0. The lowest BCUT2D eigenvalue weighted by atomic mass is 10.1. The van der Waals surface area contributed by atoms with E-state index in [4.69, 9.17) is 11.5 Å².